The maximum absolute atomic E-state index is 12.9. The molecule has 3 rings (SSSR count). The minimum absolute atomic E-state index is 0.192. The van der Waals surface area contributed by atoms with E-state index in [1.807, 2.05) is 12.1 Å². The number of benzene rings is 2. The lowest BCUT2D eigenvalue weighted by Crippen LogP contribution is -2.27. The molecule has 0 aliphatic carbocycles. The monoisotopic (exact) mass is 285 g/mol. The van der Waals surface area contributed by atoms with Gasteiger partial charge in [0.1, 0.15) is 11.6 Å². The summed E-state index contributed by atoms with van der Waals surface area (Å²) in [4.78, 5) is 0. The van der Waals surface area contributed by atoms with Gasteiger partial charge in [0.05, 0.1) is 6.61 Å². The van der Waals surface area contributed by atoms with E-state index in [0.29, 0.717) is 6.04 Å². The van der Waals surface area contributed by atoms with E-state index in [-0.39, 0.29) is 5.82 Å². The summed E-state index contributed by atoms with van der Waals surface area (Å²) in [6, 6.07) is 13.3. The Kier molecular flexibility index (Phi) is 4.20. The summed E-state index contributed by atoms with van der Waals surface area (Å²) in [7, 11) is 0. The molecule has 0 saturated carbocycles. The van der Waals surface area contributed by atoms with Gasteiger partial charge in [0.25, 0.3) is 0 Å². The minimum atomic E-state index is -0.192. The van der Waals surface area contributed by atoms with Gasteiger partial charge in [-0.05, 0) is 29.7 Å². The number of fused-ring (bicyclic) bond motifs is 1. The summed E-state index contributed by atoms with van der Waals surface area (Å²) >= 11 is 0. The Bertz CT molecular complexity index is 609. The highest BCUT2D eigenvalue weighted by atomic mass is 19.1. The summed E-state index contributed by atoms with van der Waals surface area (Å²) in [5.74, 6) is 0.852. The number of ether oxygens (including phenoxy) is 1. The first-order valence-corrected chi connectivity index (χ1v) is 7.50. The Hall–Kier alpha value is -1.87. The Morgan fingerprint density at radius 1 is 1.19 bits per heavy atom. The van der Waals surface area contributed by atoms with Crippen LogP contribution >= 0.6 is 0 Å². The Labute approximate surface area is 125 Å². The van der Waals surface area contributed by atoms with E-state index in [2.05, 4.69) is 30.4 Å². The number of para-hydroxylation sites is 1. The van der Waals surface area contributed by atoms with Gasteiger partial charge in [0.15, 0.2) is 0 Å². The molecular formula is C18H20FNO. The van der Waals surface area contributed by atoms with Crippen LogP contribution in [-0.2, 0) is 13.0 Å². The molecule has 1 aliphatic heterocycles. The fourth-order valence-electron chi connectivity index (χ4n) is 2.82. The lowest BCUT2D eigenvalue weighted by Gasteiger charge is -2.28. The van der Waals surface area contributed by atoms with E-state index in [4.69, 9.17) is 4.74 Å². The van der Waals surface area contributed by atoms with Crippen molar-refractivity contribution in [2.45, 2.75) is 32.4 Å². The SMILES string of the molecule is CCc1cccc2c1OCCC2NCc1ccc(F)cc1. The normalized spacial score (nSPS) is 17.1. The van der Waals surface area contributed by atoms with E-state index in [1.54, 1.807) is 0 Å². The fraction of sp³-hybridized carbons (Fsp3) is 0.333. The van der Waals surface area contributed by atoms with Crippen LogP contribution in [0.2, 0.25) is 0 Å². The third-order valence-electron chi connectivity index (χ3n) is 4.00. The second kappa shape index (κ2) is 6.27. The van der Waals surface area contributed by atoms with Crippen molar-refractivity contribution in [1.82, 2.24) is 5.32 Å². The van der Waals surface area contributed by atoms with Crippen LogP contribution < -0.4 is 10.1 Å². The topological polar surface area (TPSA) is 21.3 Å². The molecule has 0 saturated heterocycles. The molecule has 110 valence electrons. The van der Waals surface area contributed by atoms with Crippen LogP contribution in [0.3, 0.4) is 0 Å². The summed E-state index contributed by atoms with van der Waals surface area (Å²) < 4.78 is 18.8. The predicted molar refractivity (Wildman–Crippen MR) is 81.9 cm³/mol. The fourth-order valence-corrected chi connectivity index (χ4v) is 2.82. The van der Waals surface area contributed by atoms with Crippen LogP contribution in [0.15, 0.2) is 42.5 Å². The highest BCUT2D eigenvalue weighted by Crippen LogP contribution is 2.35. The van der Waals surface area contributed by atoms with E-state index in [9.17, 15) is 4.39 Å². The minimum Gasteiger partial charge on any atom is -0.493 e. The van der Waals surface area contributed by atoms with Crippen LogP contribution in [0, 0.1) is 5.82 Å². The number of hydrogen-bond donors (Lipinski definition) is 1. The zero-order chi connectivity index (χ0) is 14.7. The number of halogens is 1. The summed E-state index contributed by atoms with van der Waals surface area (Å²) in [6.45, 7) is 3.63. The molecule has 1 N–H and O–H groups in total. The largest absolute Gasteiger partial charge is 0.493 e. The second-order valence-electron chi connectivity index (χ2n) is 5.39. The lowest BCUT2D eigenvalue weighted by atomic mass is 9.96. The average molecular weight is 285 g/mol. The van der Waals surface area contributed by atoms with Crippen molar-refractivity contribution in [3.05, 3.63) is 65.0 Å². The first kappa shape index (κ1) is 14.1. The van der Waals surface area contributed by atoms with E-state index >= 15 is 0 Å². The maximum atomic E-state index is 12.9. The molecule has 1 aliphatic rings. The molecule has 2 aromatic carbocycles. The smallest absolute Gasteiger partial charge is 0.127 e. The molecule has 0 radical (unpaired) electrons. The van der Waals surface area contributed by atoms with Gasteiger partial charge in [-0.15, -0.1) is 0 Å². The molecular weight excluding hydrogens is 265 g/mol. The third-order valence-corrected chi connectivity index (χ3v) is 4.00. The molecule has 0 bridgehead atoms. The highest BCUT2D eigenvalue weighted by Gasteiger charge is 2.22. The third kappa shape index (κ3) is 3.08. The van der Waals surface area contributed by atoms with Crippen LogP contribution in [0.25, 0.3) is 0 Å². The van der Waals surface area contributed by atoms with E-state index < -0.39 is 0 Å². The molecule has 3 heteroatoms. The Morgan fingerprint density at radius 2 is 2.00 bits per heavy atom. The van der Waals surface area contributed by atoms with Gasteiger partial charge in [-0.3, -0.25) is 0 Å². The molecule has 1 heterocycles. The number of nitrogens with one attached hydrogen (secondary N) is 1. The van der Waals surface area contributed by atoms with Gasteiger partial charge in [-0.25, -0.2) is 4.39 Å². The van der Waals surface area contributed by atoms with Gasteiger partial charge in [0, 0.05) is 24.6 Å². The summed E-state index contributed by atoms with van der Waals surface area (Å²) in [5.41, 5.74) is 3.60. The van der Waals surface area contributed by atoms with Crippen LogP contribution in [-0.4, -0.2) is 6.61 Å². The van der Waals surface area contributed by atoms with Crippen molar-refractivity contribution in [2.24, 2.45) is 0 Å². The van der Waals surface area contributed by atoms with Crippen molar-refractivity contribution in [2.75, 3.05) is 6.61 Å². The molecule has 1 unspecified atom stereocenters. The Balaban J connectivity index is 1.75. The standard InChI is InChI=1S/C18H20FNO/c1-2-14-4-3-5-16-17(10-11-21-18(14)16)20-12-13-6-8-15(19)9-7-13/h3-9,17,20H,2,10-12H2,1H3. The molecule has 0 aromatic heterocycles. The first-order chi connectivity index (χ1) is 10.3. The van der Waals surface area contributed by atoms with Crippen molar-refractivity contribution in [3.8, 4) is 5.75 Å². The first-order valence-electron chi connectivity index (χ1n) is 7.50. The summed E-state index contributed by atoms with van der Waals surface area (Å²) in [5, 5.41) is 3.56. The van der Waals surface area contributed by atoms with Crippen molar-refractivity contribution in [1.29, 1.82) is 0 Å². The van der Waals surface area contributed by atoms with Gasteiger partial charge < -0.3 is 10.1 Å². The van der Waals surface area contributed by atoms with Gasteiger partial charge in [0.2, 0.25) is 0 Å². The molecule has 0 fully saturated rings. The van der Waals surface area contributed by atoms with Gasteiger partial charge in [-0.1, -0.05) is 37.3 Å². The van der Waals surface area contributed by atoms with Crippen LogP contribution in [0.5, 0.6) is 5.75 Å². The zero-order valence-electron chi connectivity index (χ0n) is 12.2. The number of aryl methyl sites for hydroxylation is 1. The quantitative estimate of drug-likeness (QED) is 0.916. The molecule has 21 heavy (non-hydrogen) atoms. The predicted octanol–water partition coefficient (Wildman–Crippen LogP) is 4.00. The number of hydrogen-bond acceptors (Lipinski definition) is 2. The molecule has 0 amide bonds. The van der Waals surface area contributed by atoms with Crippen molar-refractivity contribution in [3.63, 3.8) is 0 Å². The molecule has 1 atom stereocenters. The average Bonchev–Trinajstić information content (AvgIpc) is 2.53. The van der Waals surface area contributed by atoms with E-state index in [1.165, 1.54) is 23.3 Å². The zero-order valence-corrected chi connectivity index (χ0v) is 12.2. The van der Waals surface area contributed by atoms with Crippen molar-refractivity contribution >= 4 is 0 Å². The van der Waals surface area contributed by atoms with Crippen molar-refractivity contribution < 1.29 is 9.13 Å². The van der Waals surface area contributed by atoms with Crippen LogP contribution in [0.1, 0.15) is 36.1 Å². The van der Waals surface area contributed by atoms with Gasteiger partial charge in [-0.2, -0.15) is 0 Å². The molecule has 2 aromatic rings. The highest BCUT2D eigenvalue weighted by molar-refractivity contribution is 5.44. The Morgan fingerprint density at radius 3 is 2.76 bits per heavy atom. The molecule has 2 nitrogen and oxygen atoms in total. The summed E-state index contributed by atoms with van der Waals surface area (Å²) in [6.07, 6.45) is 1.94. The van der Waals surface area contributed by atoms with E-state index in [0.717, 1.165) is 37.3 Å². The molecule has 0 spiro atoms. The maximum Gasteiger partial charge on any atom is 0.127 e. The van der Waals surface area contributed by atoms with Gasteiger partial charge >= 0.3 is 0 Å². The van der Waals surface area contributed by atoms with Crippen LogP contribution in [0.4, 0.5) is 4.39 Å². The lowest BCUT2D eigenvalue weighted by molar-refractivity contribution is 0.250. The number of rotatable bonds is 4. The second-order valence-corrected chi connectivity index (χ2v) is 5.39.